The maximum Gasteiger partial charge on any atom is 0.254 e. The molecule has 5 N–H and O–H groups in total. The van der Waals surface area contributed by atoms with Gasteiger partial charge in [0, 0.05) is 66.2 Å². The van der Waals surface area contributed by atoms with E-state index in [-0.39, 0.29) is 66.3 Å². The molecule has 8 bridgehead atoms. The van der Waals surface area contributed by atoms with Crippen LogP contribution in [0.4, 0.5) is 0 Å². The van der Waals surface area contributed by atoms with Crippen molar-refractivity contribution in [3.63, 3.8) is 0 Å². The molecule has 2 saturated carbocycles. The molecule has 3 aromatic rings. The van der Waals surface area contributed by atoms with Crippen molar-refractivity contribution in [2.45, 2.75) is 119 Å². The number of benzene rings is 3. The lowest BCUT2D eigenvalue weighted by Crippen LogP contribution is -2.70. The molecule has 13 rings (SSSR count). The highest BCUT2D eigenvalue weighted by Gasteiger charge is 2.59. The predicted octanol–water partition coefficient (Wildman–Crippen LogP) is 6.06. The van der Waals surface area contributed by atoms with Crippen LogP contribution in [0.5, 0.6) is 17.2 Å². The van der Waals surface area contributed by atoms with Gasteiger partial charge in [0.2, 0.25) is 6.29 Å². The van der Waals surface area contributed by atoms with Gasteiger partial charge in [-0.1, -0.05) is 43.4 Å². The van der Waals surface area contributed by atoms with Gasteiger partial charge in [-0.3, -0.25) is 9.59 Å². The number of amides is 1. The van der Waals surface area contributed by atoms with Crippen LogP contribution in [0.1, 0.15) is 111 Å². The van der Waals surface area contributed by atoms with Gasteiger partial charge in [0.1, 0.15) is 47.2 Å². The molecule has 364 valence electrons. The number of Topliss-reactive ketones (excluding diaryl/α,β-unsaturated/α-hetero) is 1. The minimum absolute atomic E-state index is 0.0136. The summed E-state index contributed by atoms with van der Waals surface area (Å²) < 4.78 is 32.9. The van der Waals surface area contributed by atoms with Gasteiger partial charge in [0.05, 0.1) is 55.2 Å². The Kier molecular flexibility index (Phi) is 10.9. The Morgan fingerprint density at radius 2 is 1.92 bits per heavy atom. The van der Waals surface area contributed by atoms with Gasteiger partial charge in [-0.2, -0.15) is 4.99 Å². The van der Waals surface area contributed by atoms with Crippen LogP contribution in [-0.2, 0) is 33.6 Å². The van der Waals surface area contributed by atoms with Crippen LogP contribution in [0.3, 0.4) is 0 Å². The standard InChI is InChI=1S/C57H55N3O11/c1-67-52-36-16-15-32-22-31-8-5-12-34(31)46-45(32)47(36)49-51(64)48(46)42(62)26-60-25-40-30(7-4-13-35(40)55(60)65)9-6-20-68-54-50(63)44-27-69-43(19-17-37(52)53(49)71-56(70-44)57(54,66)28-61)39-24-59-41-18-14-29(21-38(39)41)23-58-33-10-2-3-11-33/h4,7,13-14,17-19,21-22,24,31,33-34,43-44,50,54,56,58,61,63,66H,2-3,5,8-12,15-16,23,25-28H2,1H3/p+1. The van der Waals surface area contributed by atoms with Crippen molar-refractivity contribution in [2.24, 2.45) is 10.9 Å². The average Bonchev–Trinajstić information content (AvgIpc) is 4.22. The normalized spacial score (nSPS) is 30.2. The van der Waals surface area contributed by atoms with Crippen molar-refractivity contribution >= 4 is 40.3 Å². The van der Waals surface area contributed by atoms with Gasteiger partial charge in [-0.25, -0.2) is 0 Å². The Morgan fingerprint density at radius 3 is 2.76 bits per heavy atom. The number of fused-ring (bicyclic) bond motifs is 8. The number of allylic oxidation sites excluding steroid dienone is 5. The number of ether oxygens (including phenoxy) is 5. The van der Waals surface area contributed by atoms with Gasteiger partial charge in [0.15, 0.2) is 23.2 Å². The Morgan fingerprint density at radius 1 is 1.04 bits per heavy atom. The highest BCUT2D eigenvalue weighted by molar-refractivity contribution is 6.17. The molecule has 10 aliphatic rings. The Bertz CT molecular complexity index is 3090. The SMILES string of the molecule is COc1c2c3c4c(O)c(c5c6c4c1CCC6=CC1CCCC51)C(=O)CN1Cc4c(cccc4C1=O)CC#COC1C(O)C(COC(C4=C5[CH+]C(CNC6CCCC6)=CC=C5N=C4)C=C2)OC(O3)C1(O)CO. The van der Waals surface area contributed by atoms with E-state index < -0.39 is 48.7 Å². The molecule has 5 heterocycles. The fourth-order valence-electron chi connectivity index (χ4n) is 13.3. The summed E-state index contributed by atoms with van der Waals surface area (Å²) in [5, 5.41) is 54.0. The monoisotopic (exact) mass is 958 g/mol. The van der Waals surface area contributed by atoms with Gasteiger partial charge < -0.3 is 54.3 Å². The summed E-state index contributed by atoms with van der Waals surface area (Å²) in [6.07, 6.45) is 18.6. The number of carbonyl (C=O) groups is 2. The number of hydrogen-bond acceptors (Lipinski definition) is 13. The Balaban J connectivity index is 1.04. The quantitative estimate of drug-likeness (QED) is 0.142. The average molecular weight is 959 g/mol. The van der Waals surface area contributed by atoms with Crippen LogP contribution in [0.15, 0.2) is 69.9 Å². The molecule has 5 aliphatic heterocycles. The first kappa shape index (κ1) is 44.7. The Labute approximate surface area is 411 Å². The largest absolute Gasteiger partial charge is 0.506 e. The first-order valence-electron chi connectivity index (χ1n) is 25.3. The maximum atomic E-state index is 15.4. The summed E-state index contributed by atoms with van der Waals surface area (Å²) in [7, 11) is 1.58. The molecule has 3 fully saturated rings. The number of aliphatic hydroxyl groups is 3. The molecule has 71 heavy (non-hydrogen) atoms. The molecule has 8 atom stereocenters. The van der Waals surface area contributed by atoms with Crippen molar-refractivity contribution < 1.29 is 53.7 Å². The number of rotatable bonds is 6. The molecule has 0 radical (unpaired) electrons. The molecular formula is C57H56N3O11+. The third-order valence-electron chi connectivity index (χ3n) is 16.8. The summed E-state index contributed by atoms with van der Waals surface area (Å²) >= 11 is 0. The number of nitrogens with zero attached hydrogens (tertiary/aromatic N) is 2. The number of ketones is 1. The van der Waals surface area contributed by atoms with E-state index in [0.717, 1.165) is 87.9 Å². The first-order chi connectivity index (χ1) is 34.6. The molecule has 14 nitrogen and oxygen atoms in total. The zero-order valence-corrected chi connectivity index (χ0v) is 39.5. The molecular weight excluding hydrogens is 903 g/mol. The third-order valence-corrected chi connectivity index (χ3v) is 16.8. The lowest BCUT2D eigenvalue weighted by atomic mass is 9.69. The molecule has 14 heteroatoms. The summed E-state index contributed by atoms with van der Waals surface area (Å²) in [5.74, 6) is 2.57. The molecule has 8 unspecified atom stereocenters. The predicted molar refractivity (Wildman–Crippen MR) is 263 cm³/mol. The summed E-state index contributed by atoms with van der Waals surface area (Å²) in [5.41, 5.74) is 7.03. The lowest BCUT2D eigenvalue weighted by Gasteiger charge is -2.47. The Hall–Kier alpha value is -6.18. The van der Waals surface area contributed by atoms with Crippen LogP contribution in [0.2, 0.25) is 0 Å². The van der Waals surface area contributed by atoms with E-state index in [1.165, 1.54) is 17.7 Å². The van der Waals surface area contributed by atoms with E-state index >= 15 is 4.79 Å². The van der Waals surface area contributed by atoms with E-state index in [0.29, 0.717) is 47.7 Å². The van der Waals surface area contributed by atoms with E-state index in [4.69, 9.17) is 28.7 Å². The fraction of sp³-hybridized carbons (Fsp3) is 0.439. The van der Waals surface area contributed by atoms with E-state index in [1.807, 2.05) is 24.3 Å². The second-order valence-corrected chi connectivity index (χ2v) is 20.7. The molecule has 1 amide bonds. The number of phenolic OH excluding ortho intramolecular Hbond substituents is 1. The number of hydrogen-bond donors (Lipinski definition) is 5. The van der Waals surface area contributed by atoms with E-state index in [1.54, 1.807) is 25.5 Å². The number of aromatic hydroxyl groups is 1. The highest BCUT2D eigenvalue weighted by Crippen LogP contribution is 2.60. The molecule has 0 aromatic heterocycles. The maximum absolute atomic E-state index is 15.4. The first-order valence-corrected chi connectivity index (χ1v) is 25.3. The summed E-state index contributed by atoms with van der Waals surface area (Å²) in [4.78, 5) is 35.9. The van der Waals surface area contributed by atoms with Gasteiger partial charge in [0.25, 0.3) is 5.91 Å². The number of phenols is 1. The smallest absolute Gasteiger partial charge is 0.254 e. The highest BCUT2D eigenvalue weighted by atomic mass is 16.7. The number of aryl methyl sites for hydroxylation is 1. The van der Waals surface area contributed by atoms with Crippen LogP contribution >= 0.6 is 0 Å². The lowest BCUT2D eigenvalue weighted by molar-refractivity contribution is -0.327. The number of carbonyl (C=O) groups excluding carboxylic acids is 2. The number of nitrogens with one attached hydrogen (secondary N) is 1. The van der Waals surface area contributed by atoms with Crippen LogP contribution in [0.25, 0.3) is 22.4 Å². The number of aliphatic hydroxyl groups excluding tert-OH is 2. The van der Waals surface area contributed by atoms with E-state index in [2.05, 4.69) is 35.9 Å². The molecule has 5 aliphatic carbocycles. The molecule has 3 aromatic carbocycles. The molecule has 0 spiro atoms. The van der Waals surface area contributed by atoms with Crippen LogP contribution < -0.4 is 14.8 Å². The second-order valence-electron chi connectivity index (χ2n) is 20.7. The number of methoxy groups -OCH3 is 1. The third kappa shape index (κ3) is 6.99. The van der Waals surface area contributed by atoms with Crippen molar-refractivity contribution in [2.75, 3.05) is 33.4 Å². The minimum atomic E-state index is -2.46. The van der Waals surface area contributed by atoms with Crippen LogP contribution in [0, 0.1) is 24.4 Å². The second kappa shape index (κ2) is 17.3. The van der Waals surface area contributed by atoms with Crippen LogP contribution in [-0.4, -0.2) is 119 Å². The summed E-state index contributed by atoms with van der Waals surface area (Å²) in [6, 6.07) is 5.87. The van der Waals surface area contributed by atoms with Crippen molar-refractivity contribution in [3.8, 4) is 29.3 Å². The summed E-state index contributed by atoms with van der Waals surface area (Å²) in [6.45, 7) is -0.647. The van der Waals surface area contributed by atoms with Gasteiger partial charge in [-0.15, -0.1) is 0 Å². The van der Waals surface area contributed by atoms with Crippen molar-refractivity contribution in [1.82, 2.24) is 10.2 Å². The van der Waals surface area contributed by atoms with Crippen molar-refractivity contribution in [1.29, 1.82) is 0 Å². The zero-order valence-electron chi connectivity index (χ0n) is 39.5. The van der Waals surface area contributed by atoms with Crippen molar-refractivity contribution in [3.05, 3.63) is 116 Å². The number of aliphatic imine (C=N–C) groups is 1. The fourth-order valence-corrected chi connectivity index (χ4v) is 13.3. The zero-order chi connectivity index (χ0) is 48.3. The minimum Gasteiger partial charge on any atom is -0.506 e. The molecule has 1 saturated heterocycles. The topological polar surface area (TPSA) is 189 Å². The van der Waals surface area contributed by atoms with Gasteiger partial charge in [-0.05, 0) is 96.4 Å². The van der Waals surface area contributed by atoms with E-state index in [9.17, 15) is 25.2 Å². The van der Waals surface area contributed by atoms with Gasteiger partial charge >= 0.3 is 0 Å².